The lowest BCUT2D eigenvalue weighted by atomic mass is 10.3. The van der Waals surface area contributed by atoms with Crippen LogP contribution in [-0.2, 0) is 6.54 Å². The summed E-state index contributed by atoms with van der Waals surface area (Å²) in [7, 11) is 0. The van der Waals surface area contributed by atoms with E-state index < -0.39 is 5.82 Å². The molecule has 3 nitrogen and oxygen atoms in total. The Hall–Kier alpha value is -1.75. The topological polar surface area (TPSA) is 42.0 Å². The van der Waals surface area contributed by atoms with Crippen LogP contribution < -0.4 is 5.32 Å². The molecule has 16 heavy (non-hydrogen) atoms. The number of carbonyl (C=O) groups excluding carboxylic acids is 1. The van der Waals surface area contributed by atoms with Gasteiger partial charge in [-0.2, -0.15) is 0 Å². The van der Waals surface area contributed by atoms with Crippen LogP contribution in [-0.4, -0.2) is 10.9 Å². The van der Waals surface area contributed by atoms with Crippen LogP contribution >= 0.6 is 11.3 Å². The van der Waals surface area contributed by atoms with Crippen molar-refractivity contribution in [2.45, 2.75) is 6.54 Å². The number of amides is 1. The normalized spacial score (nSPS) is 10.1. The van der Waals surface area contributed by atoms with Gasteiger partial charge in [-0.3, -0.25) is 9.78 Å². The Labute approximate surface area is 96.0 Å². The molecule has 0 atom stereocenters. The third-order valence-corrected chi connectivity index (χ3v) is 2.86. The van der Waals surface area contributed by atoms with Crippen molar-refractivity contribution in [2.24, 2.45) is 0 Å². The Bertz CT molecular complexity index is 484. The van der Waals surface area contributed by atoms with Gasteiger partial charge in [0, 0.05) is 6.20 Å². The molecule has 0 fully saturated rings. The molecule has 0 bridgehead atoms. The zero-order valence-electron chi connectivity index (χ0n) is 8.31. The molecule has 0 aliphatic rings. The molecule has 0 radical (unpaired) electrons. The first-order valence-electron chi connectivity index (χ1n) is 4.68. The number of hydrogen-bond acceptors (Lipinski definition) is 3. The second-order valence-electron chi connectivity index (χ2n) is 3.09. The van der Waals surface area contributed by atoms with Gasteiger partial charge in [0.1, 0.15) is 5.82 Å². The van der Waals surface area contributed by atoms with Gasteiger partial charge in [-0.15, -0.1) is 11.3 Å². The molecule has 1 N–H and O–H groups in total. The number of pyridine rings is 1. The van der Waals surface area contributed by atoms with Crippen LogP contribution in [0.25, 0.3) is 0 Å². The summed E-state index contributed by atoms with van der Waals surface area (Å²) in [5.74, 6) is -0.617. The van der Waals surface area contributed by atoms with Crippen LogP contribution in [0.1, 0.15) is 15.4 Å². The van der Waals surface area contributed by atoms with Crippen molar-refractivity contribution in [3.8, 4) is 0 Å². The lowest BCUT2D eigenvalue weighted by Crippen LogP contribution is -2.22. The highest BCUT2D eigenvalue weighted by molar-refractivity contribution is 7.12. The molecule has 0 saturated heterocycles. The minimum Gasteiger partial charge on any atom is -0.346 e. The fraction of sp³-hybridized carbons (Fsp3) is 0.0909. The maximum atomic E-state index is 13.2. The average molecular weight is 236 g/mol. The highest BCUT2D eigenvalue weighted by atomic mass is 32.1. The van der Waals surface area contributed by atoms with Crippen molar-refractivity contribution in [1.29, 1.82) is 0 Å². The van der Waals surface area contributed by atoms with Gasteiger partial charge in [0.25, 0.3) is 5.91 Å². The molecule has 0 spiro atoms. The summed E-state index contributed by atoms with van der Waals surface area (Å²) in [5.41, 5.74) is 0.243. The molecule has 2 heterocycles. The molecule has 1 amide bonds. The number of nitrogens with zero attached hydrogens (tertiary/aromatic N) is 1. The molecule has 2 aromatic heterocycles. The third-order valence-electron chi connectivity index (χ3n) is 2.00. The largest absolute Gasteiger partial charge is 0.346 e. The van der Waals surface area contributed by atoms with E-state index in [0.29, 0.717) is 4.88 Å². The second-order valence-corrected chi connectivity index (χ2v) is 4.04. The Morgan fingerprint density at radius 3 is 3.00 bits per heavy atom. The number of aromatic nitrogens is 1. The fourth-order valence-electron chi connectivity index (χ4n) is 1.21. The highest BCUT2D eigenvalue weighted by Crippen LogP contribution is 2.08. The van der Waals surface area contributed by atoms with Crippen LogP contribution in [0, 0.1) is 5.82 Å². The molecule has 0 aliphatic carbocycles. The summed E-state index contributed by atoms with van der Waals surface area (Å²) in [6, 6.07) is 6.34. The quantitative estimate of drug-likeness (QED) is 0.887. The summed E-state index contributed by atoms with van der Waals surface area (Å²) < 4.78 is 13.2. The van der Waals surface area contributed by atoms with Gasteiger partial charge in [-0.05, 0) is 23.6 Å². The minimum atomic E-state index is -0.408. The average Bonchev–Trinajstić information content (AvgIpc) is 2.81. The summed E-state index contributed by atoms with van der Waals surface area (Å²) in [5, 5.41) is 4.43. The first-order valence-corrected chi connectivity index (χ1v) is 5.56. The molecule has 5 heteroatoms. The maximum Gasteiger partial charge on any atom is 0.261 e. The zero-order valence-corrected chi connectivity index (χ0v) is 9.13. The molecule has 82 valence electrons. The summed E-state index contributed by atoms with van der Waals surface area (Å²) in [6.45, 7) is 0.101. The lowest BCUT2D eigenvalue weighted by Gasteiger charge is -2.03. The molecule has 0 aliphatic heterocycles. The number of rotatable bonds is 3. The number of nitrogens with one attached hydrogen (secondary N) is 1. The van der Waals surface area contributed by atoms with E-state index in [0.717, 1.165) is 0 Å². The van der Waals surface area contributed by atoms with Crippen LogP contribution in [0.5, 0.6) is 0 Å². The van der Waals surface area contributed by atoms with Gasteiger partial charge >= 0.3 is 0 Å². The summed E-state index contributed by atoms with van der Waals surface area (Å²) >= 11 is 1.34. The monoisotopic (exact) mass is 236 g/mol. The molecular weight excluding hydrogens is 227 g/mol. The Kier molecular flexibility index (Phi) is 3.26. The first-order chi connectivity index (χ1) is 7.77. The van der Waals surface area contributed by atoms with Gasteiger partial charge in [0.15, 0.2) is 0 Å². The van der Waals surface area contributed by atoms with Crippen molar-refractivity contribution in [3.63, 3.8) is 0 Å². The number of thiophene rings is 1. The van der Waals surface area contributed by atoms with Gasteiger partial charge in [0.2, 0.25) is 0 Å². The van der Waals surface area contributed by atoms with Crippen molar-refractivity contribution in [1.82, 2.24) is 10.3 Å². The van der Waals surface area contributed by atoms with Crippen molar-refractivity contribution in [2.75, 3.05) is 0 Å². The standard InChI is InChI=1S/C11H9FN2OS/c12-8-3-1-5-13-9(8)7-14-11(15)10-4-2-6-16-10/h1-6H,7H2,(H,14,15). The molecule has 2 aromatic rings. The van der Waals surface area contributed by atoms with E-state index >= 15 is 0 Å². The second kappa shape index (κ2) is 4.85. The van der Waals surface area contributed by atoms with E-state index in [9.17, 15) is 9.18 Å². The fourth-order valence-corrected chi connectivity index (χ4v) is 1.85. The molecular formula is C11H9FN2OS. The van der Waals surface area contributed by atoms with E-state index in [2.05, 4.69) is 10.3 Å². The van der Waals surface area contributed by atoms with E-state index in [-0.39, 0.29) is 18.1 Å². The van der Waals surface area contributed by atoms with Crippen molar-refractivity contribution in [3.05, 3.63) is 52.2 Å². The Balaban J connectivity index is 1.98. The van der Waals surface area contributed by atoms with Gasteiger partial charge < -0.3 is 5.32 Å². The number of hydrogen-bond donors (Lipinski definition) is 1. The first kappa shape index (κ1) is 10.8. The van der Waals surface area contributed by atoms with E-state index in [4.69, 9.17) is 0 Å². The number of halogens is 1. The third kappa shape index (κ3) is 2.43. The van der Waals surface area contributed by atoms with Crippen LogP contribution in [0.4, 0.5) is 4.39 Å². The van der Waals surface area contributed by atoms with Gasteiger partial charge in [-0.25, -0.2) is 4.39 Å². The highest BCUT2D eigenvalue weighted by Gasteiger charge is 2.08. The van der Waals surface area contributed by atoms with Crippen LogP contribution in [0.2, 0.25) is 0 Å². The van der Waals surface area contributed by atoms with Gasteiger partial charge in [-0.1, -0.05) is 6.07 Å². The molecule has 0 unspecified atom stereocenters. The Morgan fingerprint density at radius 1 is 1.44 bits per heavy atom. The predicted molar refractivity (Wildman–Crippen MR) is 59.7 cm³/mol. The van der Waals surface area contributed by atoms with Gasteiger partial charge in [0.05, 0.1) is 17.1 Å². The SMILES string of the molecule is O=C(NCc1ncccc1F)c1cccs1. The Morgan fingerprint density at radius 2 is 2.31 bits per heavy atom. The van der Waals surface area contributed by atoms with E-state index in [1.165, 1.54) is 29.7 Å². The van der Waals surface area contributed by atoms with Crippen LogP contribution in [0.3, 0.4) is 0 Å². The van der Waals surface area contributed by atoms with Crippen molar-refractivity contribution >= 4 is 17.2 Å². The maximum absolute atomic E-state index is 13.2. The lowest BCUT2D eigenvalue weighted by molar-refractivity contribution is 0.0954. The predicted octanol–water partition coefficient (Wildman–Crippen LogP) is 2.21. The smallest absolute Gasteiger partial charge is 0.261 e. The minimum absolute atomic E-state index is 0.101. The van der Waals surface area contributed by atoms with Crippen molar-refractivity contribution < 1.29 is 9.18 Å². The number of carbonyl (C=O) groups is 1. The molecule has 0 saturated carbocycles. The summed E-state index contributed by atoms with van der Waals surface area (Å²) in [4.78, 5) is 16.0. The molecule has 2 rings (SSSR count). The molecule has 0 aromatic carbocycles. The van der Waals surface area contributed by atoms with E-state index in [1.54, 1.807) is 12.1 Å². The van der Waals surface area contributed by atoms with E-state index in [1.807, 2.05) is 5.38 Å². The zero-order chi connectivity index (χ0) is 11.4. The van der Waals surface area contributed by atoms with Crippen LogP contribution in [0.15, 0.2) is 35.8 Å². The summed E-state index contributed by atoms with van der Waals surface area (Å²) in [6.07, 6.45) is 1.50.